The number of fused-ring (bicyclic) bond motifs is 7. The van der Waals surface area contributed by atoms with E-state index in [2.05, 4.69) is 200 Å². The van der Waals surface area contributed by atoms with Crippen molar-refractivity contribution in [2.75, 3.05) is 0 Å². The second-order valence-electron chi connectivity index (χ2n) is 15.7. The highest BCUT2D eigenvalue weighted by atomic mass is 32.1. The SMILES string of the molecule is c1ccc(-c2nc(-c3ccc(-c4ccc(-c5ccc(-c6c7ccccc7cc7c6ccc6ccccc67)cc5)cc4)cc3)cc(-c3ccc4sc5ccccc5c4c3)n2)cc1. The molecule has 0 saturated carbocycles. The third kappa shape index (κ3) is 6.26. The van der Waals surface area contributed by atoms with Crippen LogP contribution in [0.5, 0.6) is 0 Å². The van der Waals surface area contributed by atoms with E-state index in [4.69, 9.17) is 9.97 Å². The highest BCUT2D eigenvalue weighted by Gasteiger charge is 2.15. The molecule has 2 nitrogen and oxygen atoms in total. The molecular formula is C58H36N2S. The Morgan fingerprint density at radius 2 is 0.787 bits per heavy atom. The number of hydrogen-bond donors (Lipinski definition) is 0. The predicted molar refractivity (Wildman–Crippen MR) is 260 cm³/mol. The van der Waals surface area contributed by atoms with E-state index in [0.29, 0.717) is 0 Å². The van der Waals surface area contributed by atoms with Crippen LogP contribution in [0, 0.1) is 0 Å². The Morgan fingerprint density at radius 3 is 1.49 bits per heavy atom. The molecular weight excluding hydrogens is 757 g/mol. The van der Waals surface area contributed by atoms with Crippen LogP contribution >= 0.6 is 11.3 Å². The van der Waals surface area contributed by atoms with Gasteiger partial charge in [-0.15, -0.1) is 11.3 Å². The highest BCUT2D eigenvalue weighted by Crippen LogP contribution is 2.41. The minimum atomic E-state index is 0.718. The molecule has 0 N–H and O–H groups in total. The maximum atomic E-state index is 5.12. The van der Waals surface area contributed by atoms with Gasteiger partial charge in [0.25, 0.3) is 0 Å². The van der Waals surface area contributed by atoms with E-state index < -0.39 is 0 Å². The van der Waals surface area contributed by atoms with Crippen LogP contribution in [0.15, 0.2) is 218 Å². The van der Waals surface area contributed by atoms with Crippen molar-refractivity contribution in [1.29, 1.82) is 0 Å². The van der Waals surface area contributed by atoms with Crippen LogP contribution in [0.3, 0.4) is 0 Å². The van der Waals surface area contributed by atoms with Crippen LogP contribution in [0.25, 0.3) is 120 Å². The van der Waals surface area contributed by atoms with Crippen molar-refractivity contribution >= 4 is 63.8 Å². The first-order valence-corrected chi connectivity index (χ1v) is 21.5. The summed E-state index contributed by atoms with van der Waals surface area (Å²) in [6, 6.07) is 78.8. The summed E-state index contributed by atoms with van der Waals surface area (Å²) in [6.45, 7) is 0. The van der Waals surface area contributed by atoms with E-state index in [-0.39, 0.29) is 0 Å². The lowest BCUT2D eigenvalue weighted by molar-refractivity contribution is 1.18. The van der Waals surface area contributed by atoms with Crippen LogP contribution in [0.4, 0.5) is 0 Å². The van der Waals surface area contributed by atoms with Gasteiger partial charge >= 0.3 is 0 Å². The lowest BCUT2D eigenvalue weighted by Crippen LogP contribution is -1.96. The molecule has 0 radical (unpaired) electrons. The first-order valence-electron chi connectivity index (χ1n) is 20.7. The Morgan fingerprint density at radius 1 is 0.262 bits per heavy atom. The molecule has 3 heteroatoms. The Labute approximate surface area is 357 Å². The van der Waals surface area contributed by atoms with Gasteiger partial charge < -0.3 is 0 Å². The molecule has 0 aliphatic heterocycles. The lowest BCUT2D eigenvalue weighted by Gasteiger charge is -2.14. The molecule has 61 heavy (non-hydrogen) atoms. The van der Waals surface area contributed by atoms with Gasteiger partial charge in [-0.1, -0.05) is 188 Å². The molecule has 0 unspecified atom stereocenters. The van der Waals surface area contributed by atoms with Crippen LogP contribution in [-0.4, -0.2) is 9.97 Å². The minimum absolute atomic E-state index is 0.718. The summed E-state index contributed by atoms with van der Waals surface area (Å²) in [4.78, 5) is 10.2. The van der Waals surface area contributed by atoms with Crippen LogP contribution < -0.4 is 0 Å². The van der Waals surface area contributed by atoms with Gasteiger partial charge in [0.05, 0.1) is 11.4 Å². The van der Waals surface area contributed by atoms with E-state index in [1.807, 2.05) is 29.5 Å². The molecule has 12 rings (SSSR count). The summed E-state index contributed by atoms with van der Waals surface area (Å²) in [5.41, 5.74) is 12.2. The summed E-state index contributed by atoms with van der Waals surface area (Å²) < 4.78 is 2.58. The van der Waals surface area contributed by atoms with Gasteiger partial charge in [-0.2, -0.15) is 0 Å². The van der Waals surface area contributed by atoms with Crippen LogP contribution in [-0.2, 0) is 0 Å². The summed E-state index contributed by atoms with van der Waals surface area (Å²) in [6.07, 6.45) is 0. The van der Waals surface area contributed by atoms with Crippen molar-refractivity contribution in [2.24, 2.45) is 0 Å². The second kappa shape index (κ2) is 14.5. The van der Waals surface area contributed by atoms with Gasteiger partial charge in [-0.25, -0.2) is 9.97 Å². The van der Waals surface area contributed by atoms with Gasteiger partial charge in [0, 0.05) is 36.9 Å². The van der Waals surface area contributed by atoms with Crippen molar-refractivity contribution in [1.82, 2.24) is 9.97 Å². The monoisotopic (exact) mass is 792 g/mol. The first-order chi connectivity index (χ1) is 30.2. The molecule has 2 heterocycles. The molecule has 2 aromatic heterocycles. The molecule has 0 bridgehead atoms. The maximum Gasteiger partial charge on any atom is 0.160 e. The Balaban J connectivity index is 0.850. The van der Waals surface area contributed by atoms with Gasteiger partial charge in [0.1, 0.15) is 0 Å². The Kier molecular flexibility index (Phi) is 8.39. The maximum absolute atomic E-state index is 5.12. The fourth-order valence-electron chi connectivity index (χ4n) is 8.99. The number of aromatic nitrogens is 2. The van der Waals surface area contributed by atoms with E-state index in [9.17, 15) is 0 Å². The molecule has 284 valence electrons. The minimum Gasteiger partial charge on any atom is -0.228 e. The number of thiophene rings is 1. The average Bonchev–Trinajstić information content (AvgIpc) is 3.72. The molecule has 0 aliphatic carbocycles. The van der Waals surface area contributed by atoms with Crippen molar-refractivity contribution in [3.05, 3.63) is 218 Å². The zero-order chi connectivity index (χ0) is 40.3. The van der Waals surface area contributed by atoms with Gasteiger partial charge in [-0.05, 0) is 96.0 Å². The van der Waals surface area contributed by atoms with Gasteiger partial charge in [0.2, 0.25) is 0 Å². The predicted octanol–water partition coefficient (Wildman–Crippen LogP) is 16.3. The highest BCUT2D eigenvalue weighted by molar-refractivity contribution is 7.25. The molecule has 0 spiro atoms. The number of nitrogens with zero attached hydrogens (tertiary/aromatic N) is 2. The molecule has 12 aromatic rings. The summed E-state index contributed by atoms with van der Waals surface area (Å²) in [5, 5.41) is 10.2. The molecule has 0 saturated heterocycles. The first kappa shape index (κ1) is 35.2. The third-order valence-electron chi connectivity index (χ3n) is 12.1. The fourth-order valence-corrected chi connectivity index (χ4v) is 10.1. The topological polar surface area (TPSA) is 25.8 Å². The number of benzene rings is 10. The lowest BCUT2D eigenvalue weighted by atomic mass is 9.89. The van der Waals surface area contributed by atoms with Crippen LogP contribution in [0.2, 0.25) is 0 Å². The Hall–Kier alpha value is -7.72. The van der Waals surface area contributed by atoms with Gasteiger partial charge in [0.15, 0.2) is 5.82 Å². The normalized spacial score (nSPS) is 11.6. The molecule has 0 fully saturated rings. The molecule has 10 aromatic carbocycles. The van der Waals surface area contributed by atoms with Crippen molar-refractivity contribution < 1.29 is 0 Å². The van der Waals surface area contributed by atoms with Crippen molar-refractivity contribution in [3.63, 3.8) is 0 Å². The second-order valence-corrected chi connectivity index (χ2v) is 16.8. The quantitative estimate of drug-likeness (QED) is 0.124. The third-order valence-corrected chi connectivity index (χ3v) is 13.3. The number of rotatable bonds is 6. The van der Waals surface area contributed by atoms with Crippen molar-refractivity contribution in [2.45, 2.75) is 0 Å². The average molecular weight is 793 g/mol. The zero-order valence-electron chi connectivity index (χ0n) is 33.1. The van der Waals surface area contributed by atoms with E-state index in [0.717, 1.165) is 39.5 Å². The van der Waals surface area contributed by atoms with Crippen LogP contribution in [0.1, 0.15) is 0 Å². The summed E-state index contributed by atoms with van der Waals surface area (Å²) >= 11 is 1.83. The summed E-state index contributed by atoms with van der Waals surface area (Å²) in [7, 11) is 0. The Bertz CT molecular complexity index is 3610. The fraction of sp³-hybridized carbons (Fsp3) is 0. The zero-order valence-corrected chi connectivity index (χ0v) is 33.9. The molecule has 0 aliphatic rings. The number of hydrogen-bond acceptors (Lipinski definition) is 3. The van der Waals surface area contributed by atoms with E-state index in [1.165, 1.54) is 80.3 Å². The standard InChI is InChI=1S/C58H36N2S/c1-2-11-44(12-3-1)58-59-53(36-54(60-58)46-31-33-56-52(35-46)49-16-8-9-17-55(49)61-56)42-26-22-39(23-27-42)37-18-20-38(21-19-37)40-24-28-43(29-25-40)57-48-15-7-5-13-45(48)34-51-47-14-6-4-10-41(47)30-32-50(51)57/h1-36H. The van der Waals surface area contributed by atoms with E-state index in [1.54, 1.807) is 0 Å². The van der Waals surface area contributed by atoms with Crippen molar-refractivity contribution in [3.8, 4) is 67.3 Å². The summed E-state index contributed by atoms with van der Waals surface area (Å²) in [5.74, 6) is 0.718. The van der Waals surface area contributed by atoms with E-state index >= 15 is 0 Å². The molecule has 0 atom stereocenters. The smallest absolute Gasteiger partial charge is 0.160 e. The van der Waals surface area contributed by atoms with Gasteiger partial charge in [-0.3, -0.25) is 0 Å². The largest absolute Gasteiger partial charge is 0.228 e. The molecule has 0 amide bonds.